The Balaban J connectivity index is 2.06. The molecule has 0 aliphatic rings. The molecule has 3 rings (SSSR count). The summed E-state index contributed by atoms with van der Waals surface area (Å²) in [5, 5.41) is 33.8. The first-order chi connectivity index (χ1) is 11.5. The summed E-state index contributed by atoms with van der Waals surface area (Å²) in [6, 6.07) is 11.2. The van der Waals surface area contributed by atoms with Crippen LogP contribution in [0.1, 0.15) is 6.92 Å². The number of aryl methyl sites for hydroxylation is 1. The van der Waals surface area contributed by atoms with Crippen LogP contribution in [-0.4, -0.2) is 31.7 Å². The van der Waals surface area contributed by atoms with Gasteiger partial charge in [-0.05, 0) is 49.4 Å². The first-order valence-corrected chi connectivity index (χ1v) is 7.52. The van der Waals surface area contributed by atoms with Gasteiger partial charge in [0.15, 0.2) is 11.5 Å². The van der Waals surface area contributed by atoms with Gasteiger partial charge in [-0.15, -0.1) is 0 Å². The molecule has 0 fully saturated rings. The highest BCUT2D eigenvalue weighted by Crippen LogP contribution is 2.36. The third kappa shape index (κ3) is 2.86. The molecule has 0 aliphatic heterocycles. The van der Waals surface area contributed by atoms with Gasteiger partial charge in [0.2, 0.25) is 0 Å². The lowest BCUT2D eigenvalue weighted by molar-refractivity contribution is 0.318. The normalized spacial score (nSPS) is 10.8. The molecular formula is C18H18N2O4. The van der Waals surface area contributed by atoms with Crippen LogP contribution < -0.4 is 4.74 Å². The Kier molecular flexibility index (Phi) is 4.04. The number of phenolic OH excluding ortho intramolecular Hbond substituents is 3. The van der Waals surface area contributed by atoms with Gasteiger partial charge in [-0.3, -0.25) is 4.68 Å². The average Bonchev–Trinajstić information content (AvgIpc) is 2.94. The number of aromatic hydroxyl groups is 3. The van der Waals surface area contributed by atoms with E-state index in [1.165, 1.54) is 18.2 Å². The first-order valence-electron chi connectivity index (χ1n) is 7.52. The van der Waals surface area contributed by atoms with Crippen molar-refractivity contribution in [2.45, 2.75) is 6.92 Å². The summed E-state index contributed by atoms with van der Waals surface area (Å²) < 4.78 is 7.08. The number of hydrogen-bond acceptors (Lipinski definition) is 5. The zero-order valence-corrected chi connectivity index (χ0v) is 13.4. The third-order valence-electron chi connectivity index (χ3n) is 3.69. The minimum absolute atomic E-state index is 0.0400. The molecule has 0 spiro atoms. The first kappa shape index (κ1) is 15.7. The SMILES string of the molecule is CCOc1cc(-c2cc(-c3cc(O)ccc3O)nn2C)ccc1O. The van der Waals surface area contributed by atoms with Gasteiger partial charge in [0.1, 0.15) is 11.5 Å². The van der Waals surface area contributed by atoms with Crippen LogP contribution in [0.25, 0.3) is 22.5 Å². The molecule has 0 bridgehead atoms. The lowest BCUT2D eigenvalue weighted by Crippen LogP contribution is -1.96. The molecule has 0 amide bonds. The molecule has 124 valence electrons. The Bertz CT molecular complexity index is 887. The highest BCUT2D eigenvalue weighted by atomic mass is 16.5. The van der Waals surface area contributed by atoms with Gasteiger partial charge < -0.3 is 20.1 Å². The van der Waals surface area contributed by atoms with Crippen molar-refractivity contribution >= 4 is 0 Å². The van der Waals surface area contributed by atoms with Crippen LogP contribution in [0.5, 0.6) is 23.0 Å². The molecule has 0 radical (unpaired) electrons. The molecule has 6 nitrogen and oxygen atoms in total. The third-order valence-corrected chi connectivity index (χ3v) is 3.69. The van der Waals surface area contributed by atoms with E-state index in [1.54, 1.807) is 36.0 Å². The fraction of sp³-hybridized carbons (Fsp3) is 0.167. The Morgan fingerprint density at radius 1 is 1.00 bits per heavy atom. The van der Waals surface area contributed by atoms with E-state index in [9.17, 15) is 15.3 Å². The second kappa shape index (κ2) is 6.16. The van der Waals surface area contributed by atoms with Gasteiger partial charge in [0.05, 0.1) is 18.0 Å². The predicted molar refractivity (Wildman–Crippen MR) is 90.2 cm³/mol. The number of ether oxygens (including phenoxy) is 1. The van der Waals surface area contributed by atoms with Crippen molar-refractivity contribution < 1.29 is 20.1 Å². The predicted octanol–water partition coefficient (Wildman–Crippen LogP) is 3.27. The topological polar surface area (TPSA) is 87.7 Å². The van der Waals surface area contributed by atoms with Crippen LogP contribution in [0.15, 0.2) is 42.5 Å². The number of rotatable bonds is 4. The molecule has 0 atom stereocenters. The molecule has 24 heavy (non-hydrogen) atoms. The highest BCUT2D eigenvalue weighted by Gasteiger charge is 2.14. The Morgan fingerprint density at radius 3 is 2.50 bits per heavy atom. The van der Waals surface area contributed by atoms with E-state index in [2.05, 4.69) is 5.10 Å². The molecule has 6 heteroatoms. The second-order valence-electron chi connectivity index (χ2n) is 5.36. The van der Waals surface area contributed by atoms with Gasteiger partial charge in [-0.1, -0.05) is 0 Å². The van der Waals surface area contributed by atoms with Gasteiger partial charge in [0.25, 0.3) is 0 Å². The van der Waals surface area contributed by atoms with Crippen molar-refractivity contribution in [2.24, 2.45) is 7.05 Å². The molecule has 0 saturated carbocycles. The summed E-state index contributed by atoms with van der Waals surface area (Å²) in [5.74, 6) is 0.572. The quantitative estimate of drug-likeness (QED) is 0.641. The van der Waals surface area contributed by atoms with Crippen molar-refractivity contribution in [2.75, 3.05) is 6.61 Å². The van der Waals surface area contributed by atoms with Crippen LogP contribution in [0.4, 0.5) is 0 Å². The fourth-order valence-corrected chi connectivity index (χ4v) is 2.54. The van der Waals surface area contributed by atoms with E-state index < -0.39 is 0 Å². The minimum atomic E-state index is 0.0400. The zero-order chi connectivity index (χ0) is 17.3. The summed E-state index contributed by atoms with van der Waals surface area (Å²) in [6.45, 7) is 2.30. The molecule has 0 saturated heterocycles. The van der Waals surface area contributed by atoms with Gasteiger partial charge in [-0.25, -0.2) is 0 Å². The van der Waals surface area contributed by atoms with Crippen molar-refractivity contribution in [1.29, 1.82) is 0 Å². The summed E-state index contributed by atoms with van der Waals surface area (Å²) in [4.78, 5) is 0. The number of hydrogen-bond donors (Lipinski definition) is 3. The summed E-state index contributed by atoms with van der Waals surface area (Å²) >= 11 is 0. The average molecular weight is 326 g/mol. The molecule has 3 N–H and O–H groups in total. The van der Waals surface area contributed by atoms with Crippen LogP contribution in [-0.2, 0) is 7.05 Å². The van der Waals surface area contributed by atoms with Crippen LogP contribution in [0, 0.1) is 0 Å². The van der Waals surface area contributed by atoms with E-state index in [0.717, 1.165) is 11.3 Å². The smallest absolute Gasteiger partial charge is 0.161 e. The standard InChI is InChI=1S/C18H18N2O4/c1-3-24-18-8-11(4-6-17(18)23)15-10-14(19-20(15)2)13-9-12(21)5-7-16(13)22/h4-10,21-23H,3H2,1-2H3. The fourth-order valence-electron chi connectivity index (χ4n) is 2.54. The van der Waals surface area contributed by atoms with Crippen molar-refractivity contribution in [3.8, 4) is 45.5 Å². The number of aromatic nitrogens is 2. The second-order valence-corrected chi connectivity index (χ2v) is 5.36. The number of nitrogens with zero attached hydrogens (tertiary/aromatic N) is 2. The maximum absolute atomic E-state index is 10.00. The van der Waals surface area contributed by atoms with E-state index in [4.69, 9.17) is 4.74 Å². The molecule has 3 aromatic rings. The van der Waals surface area contributed by atoms with Gasteiger partial charge >= 0.3 is 0 Å². The van der Waals surface area contributed by atoms with Gasteiger partial charge in [-0.2, -0.15) is 5.10 Å². The Labute approximate surface area is 139 Å². The minimum Gasteiger partial charge on any atom is -0.508 e. The van der Waals surface area contributed by atoms with Crippen LogP contribution in [0.2, 0.25) is 0 Å². The lowest BCUT2D eigenvalue weighted by Gasteiger charge is -2.08. The molecular weight excluding hydrogens is 308 g/mol. The summed E-state index contributed by atoms with van der Waals surface area (Å²) in [5.41, 5.74) is 2.58. The maximum atomic E-state index is 10.00. The summed E-state index contributed by atoms with van der Waals surface area (Å²) in [7, 11) is 1.78. The summed E-state index contributed by atoms with van der Waals surface area (Å²) in [6.07, 6.45) is 0. The molecule has 2 aromatic carbocycles. The van der Waals surface area contributed by atoms with Crippen molar-refractivity contribution in [3.63, 3.8) is 0 Å². The lowest BCUT2D eigenvalue weighted by atomic mass is 10.1. The Morgan fingerprint density at radius 2 is 1.75 bits per heavy atom. The molecule has 0 aliphatic carbocycles. The van der Waals surface area contributed by atoms with Crippen molar-refractivity contribution in [1.82, 2.24) is 9.78 Å². The van der Waals surface area contributed by atoms with Crippen LogP contribution in [0.3, 0.4) is 0 Å². The van der Waals surface area contributed by atoms with Gasteiger partial charge in [0, 0.05) is 18.2 Å². The number of benzene rings is 2. The molecule has 0 unspecified atom stereocenters. The Hall–Kier alpha value is -3.15. The largest absolute Gasteiger partial charge is 0.508 e. The van der Waals surface area contributed by atoms with Crippen LogP contribution >= 0.6 is 0 Å². The number of phenols is 3. The zero-order valence-electron chi connectivity index (χ0n) is 13.4. The highest BCUT2D eigenvalue weighted by molar-refractivity contribution is 5.74. The van der Waals surface area contributed by atoms with E-state index >= 15 is 0 Å². The monoisotopic (exact) mass is 326 g/mol. The van der Waals surface area contributed by atoms with E-state index in [-0.39, 0.29) is 17.2 Å². The van der Waals surface area contributed by atoms with E-state index in [1.807, 2.05) is 6.92 Å². The van der Waals surface area contributed by atoms with E-state index in [0.29, 0.717) is 23.6 Å². The molecule has 1 aromatic heterocycles. The van der Waals surface area contributed by atoms with Crippen molar-refractivity contribution in [3.05, 3.63) is 42.5 Å². The molecule has 1 heterocycles. The maximum Gasteiger partial charge on any atom is 0.161 e.